The van der Waals surface area contributed by atoms with Gasteiger partial charge in [0.25, 0.3) is 0 Å². The summed E-state index contributed by atoms with van der Waals surface area (Å²) in [7, 11) is 1.95. The Bertz CT molecular complexity index is 435. The van der Waals surface area contributed by atoms with Crippen molar-refractivity contribution < 1.29 is 4.74 Å². The van der Waals surface area contributed by atoms with Gasteiger partial charge in [0.05, 0.1) is 12.7 Å². The summed E-state index contributed by atoms with van der Waals surface area (Å²) in [6.45, 7) is 6.25. The topological polar surface area (TPSA) is 55.2 Å². The van der Waals surface area contributed by atoms with E-state index in [-0.39, 0.29) is 6.10 Å². The maximum absolute atomic E-state index is 6.13. The molecule has 6 heteroatoms. The third kappa shape index (κ3) is 2.87. The van der Waals surface area contributed by atoms with Crippen LogP contribution < -0.4 is 5.32 Å². The van der Waals surface area contributed by atoms with E-state index in [1.165, 1.54) is 19.4 Å². The predicted molar refractivity (Wildman–Crippen MR) is 76.5 cm³/mol. The van der Waals surface area contributed by atoms with Crippen LogP contribution in [0.2, 0.25) is 0 Å². The van der Waals surface area contributed by atoms with E-state index < -0.39 is 0 Å². The van der Waals surface area contributed by atoms with Crippen LogP contribution in [0, 0.1) is 0 Å². The second-order valence-corrected chi connectivity index (χ2v) is 5.83. The molecule has 0 aliphatic carbocycles. The number of aryl methyl sites for hydroxylation is 1. The van der Waals surface area contributed by atoms with Gasteiger partial charge in [0.1, 0.15) is 12.2 Å². The number of ether oxygens (including phenoxy) is 1. The molecule has 3 atom stereocenters. The number of hydrogen-bond donors (Lipinski definition) is 1. The first-order chi connectivity index (χ1) is 9.78. The van der Waals surface area contributed by atoms with Gasteiger partial charge >= 0.3 is 0 Å². The molecule has 0 bridgehead atoms. The molecule has 1 N–H and O–H groups in total. The van der Waals surface area contributed by atoms with Crippen molar-refractivity contribution in [3.8, 4) is 0 Å². The number of morpholine rings is 1. The molecule has 0 saturated carbocycles. The predicted octanol–water partition coefficient (Wildman–Crippen LogP) is 0.199. The Morgan fingerprint density at radius 1 is 1.55 bits per heavy atom. The molecule has 2 aliphatic heterocycles. The lowest BCUT2D eigenvalue weighted by atomic mass is 10.0. The largest absolute Gasteiger partial charge is 0.374 e. The molecule has 0 spiro atoms. The van der Waals surface area contributed by atoms with Crippen molar-refractivity contribution >= 4 is 0 Å². The maximum Gasteiger partial charge on any atom is 0.138 e. The van der Waals surface area contributed by atoms with Gasteiger partial charge in [-0.25, -0.2) is 4.98 Å². The third-order valence-corrected chi connectivity index (χ3v) is 4.54. The summed E-state index contributed by atoms with van der Waals surface area (Å²) >= 11 is 0. The van der Waals surface area contributed by atoms with Gasteiger partial charge in [-0.1, -0.05) is 6.92 Å². The Hall–Kier alpha value is -0.980. The molecule has 0 amide bonds. The summed E-state index contributed by atoms with van der Waals surface area (Å²) < 4.78 is 7.99. The van der Waals surface area contributed by atoms with Crippen molar-refractivity contribution in [3.63, 3.8) is 0 Å². The average Bonchev–Trinajstić information content (AvgIpc) is 3.06. The summed E-state index contributed by atoms with van der Waals surface area (Å²) in [5.74, 6) is 1.02. The lowest BCUT2D eigenvalue weighted by Crippen LogP contribution is -2.55. The Morgan fingerprint density at radius 2 is 2.45 bits per heavy atom. The van der Waals surface area contributed by atoms with Crippen LogP contribution in [0.5, 0.6) is 0 Å². The van der Waals surface area contributed by atoms with E-state index in [4.69, 9.17) is 4.74 Å². The second kappa shape index (κ2) is 6.20. The molecule has 0 aromatic carbocycles. The summed E-state index contributed by atoms with van der Waals surface area (Å²) in [6.07, 6.45) is 5.35. The molecule has 20 heavy (non-hydrogen) atoms. The fraction of sp³-hybridized carbons (Fsp3) is 0.857. The highest BCUT2D eigenvalue weighted by atomic mass is 16.5. The molecule has 2 fully saturated rings. The summed E-state index contributed by atoms with van der Waals surface area (Å²) in [5.41, 5.74) is 0. The molecule has 0 radical (unpaired) electrons. The lowest BCUT2D eigenvalue weighted by molar-refractivity contribution is -0.0645. The zero-order chi connectivity index (χ0) is 13.9. The number of fused-ring (bicyclic) bond motifs is 1. The van der Waals surface area contributed by atoms with Gasteiger partial charge in [-0.05, 0) is 25.9 Å². The Morgan fingerprint density at radius 3 is 3.20 bits per heavy atom. The van der Waals surface area contributed by atoms with Gasteiger partial charge in [-0.2, -0.15) is 5.10 Å². The van der Waals surface area contributed by atoms with Crippen LogP contribution in [0.1, 0.15) is 25.6 Å². The first-order valence-corrected chi connectivity index (χ1v) is 7.70. The minimum atomic E-state index is 0.251. The van der Waals surface area contributed by atoms with Crippen LogP contribution in [-0.4, -0.2) is 64.1 Å². The highest BCUT2D eigenvalue weighted by Gasteiger charge is 2.35. The molecule has 112 valence electrons. The molecule has 1 aromatic heterocycles. The number of likely N-dealkylation sites (N-methyl/N-ethyl adjacent to an activating group) is 1. The normalized spacial score (nSPS) is 28.5. The summed E-state index contributed by atoms with van der Waals surface area (Å²) in [4.78, 5) is 6.93. The highest BCUT2D eigenvalue weighted by molar-refractivity contribution is 4.96. The van der Waals surface area contributed by atoms with E-state index in [1.54, 1.807) is 6.33 Å². The van der Waals surface area contributed by atoms with Gasteiger partial charge in [0.15, 0.2) is 0 Å². The van der Waals surface area contributed by atoms with E-state index >= 15 is 0 Å². The maximum atomic E-state index is 6.13. The second-order valence-electron chi connectivity index (χ2n) is 5.83. The first-order valence-electron chi connectivity index (χ1n) is 7.70. The Labute approximate surface area is 120 Å². The number of nitrogens with zero attached hydrogens (tertiary/aromatic N) is 4. The van der Waals surface area contributed by atoms with Gasteiger partial charge in [0, 0.05) is 32.1 Å². The fourth-order valence-corrected chi connectivity index (χ4v) is 3.39. The van der Waals surface area contributed by atoms with Crippen molar-refractivity contribution in [1.82, 2.24) is 25.0 Å². The van der Waals surface area contributed by atoms with Crippen molar-refractivity contribution in [2.24, 2.45) is 7.05 Å². The molecule has 2 saturated heterocycles. The molecule has 6 nitrogen and oxygen atoms in total. The van der Waals surface area contributed by atoms with Crippen LogP contribution in [0.15, 0.2) is 6.33 Å². The zero-order valence-corrected chi connectivity index (χ0v) is 12.5. The number of hydrogen-bond acceptors (Lipinski definition) is 5. The van der Waals surface area contributed by atoms with Crippen LogP contribution in [0.4, 0.5) is 0 Å². The summed E-state index contributed by atoms with van der Waals surface area (Å²) in [6, 6.07) is 0.966. The van der Waals surface area contributed by atoms with E-state index in [2.05, 4.69) is 27.2 Å². The minimum absolute atomic E-state index is 0.251. The van der Waals surface area contributed by atoms with Crippen molar-refractivity contribution in [3.05, 3.63) is 12.2 Å². The average molecular weight is 279 g/mol. The van der Waals surface area contributed by atoms with Crippen molar-refractivity contribution in [2.75, 3.05) is 26.2 Å². The Kier molecular flexibility index (Phi) is 4.33. The fourth-order valence-electron chi connectivity index (χ4n) is 3.39. The van der Waals surface area contributed by atoms with E-state index in [9.17, 15) is 0 Å². The number of nitrogens with one attached hydrogen (secondary N) is 1. The van der Waals surface area contributed by atoms with Crippen molar-refractivity contribution in [1.29, 1.82) is 0 Å². The quantitative estimate of drug-likeness (QED) is 0.834. The number of rotatable bonds is 5. The van der Waals surface area contributed by atoms with Gasteiger partial charge in [0.2, 0.25) is 0 Å². The molecule has 3 rings (SSSR count). The van der Waals surface area contributed by atoms with Crippen LogP contribution in [0.25, 0.3) is 0 Å². The van der Waals surface area contributed by atoms with E-state index in [0.717, 1.165) is 31.9 Å². The molecule has 1 aromatic rings. The van der Waals surface area contributed by atoms with Crippen LogP contribution in [-0.2, 0) is 18.2 Å². The molecule has 3 heterocycles. The first kappa shape index (κ1) is 14.0. The highest BCUT2D eigenvalue weighted by Crippen LogP contribution is 2.24. The van der Waals surface area contributed by atoms with Crippen molar-refractivity contribution in [2.45, 2.75) is 44.4 Å². The molecule has 2 aliphatic rings. The zero-order valence-electron chi connectivity index (χ0n) is 12.5. The van der Waals surface area contributed by atoms with Crippen LogP contribution in [0.3, 0.4) is 0 Å². The van der Waals surface area contributed by atoms with Gasteiger partial charge in [-0.15, -0.1) is 0 Å². The van der Waals surface area contributed by atoms with Gasteiger partial charge < -0.3 is 10.1 Å². The summed E-state index contributed by atoms with van der Waals surface area (Å²) in [5, 5.41) is 7.72. The molecular weight excluding hydrogens is 254 g/mol. The monoisotopic (exact) mass is 279 g/mol. The molecule has 3 unspecified atom stereocenters. The van der Waals surface area contributed by atoms with Gasteiger partial charge in [-0.3, -0.25) is 9.58 Å². The SMILES string of the molecule is CCNC(Cc1ncnn1C)C1CN2CCCC2CO1. The standard InChI is InChI=1S/C14H25N5O/c1-3-15-12(7-14-16-10-17-18(14)2)13-8-19-6-4-5-11(19)9-20-13/h10-13,15H,3-9H2,1-2H3. The van der Waals surface area contributed by atoms with E-state index in [0.29, 0.717) is 12.1 Å². The minimum Gasteiger partial charge on any atom is -0.374 e. The van der Waals surface area contributed by atoms with Crippen LogP contribution >= 0.6 is 0 Å². The lowest BCUT2D eigenvalue weighted by Gasteiger charge is -2.39. The number of aromatic nitrogens is 3. The Balaban J connectivity index is 1.65. The van der Waals surface area contributed by atoms with E-state index in [1.807, 2.05) is 11.7 Å². The third-order valence-electron chi connectivity index (χ3n) is 4.54. The molecular formula is C14H25N5O. The smallest absolute Gasteiger partial charge is 0.138 e.